The molecule has 110 valence electrons. The third-order valence-corrected chi connectivity index (χ3v) is 5.86. The first-order valence-electron chi connectivity index (χ1n) is 7.66. The van der Waals surface area contributed by atoms with Gasteiger partial charge >= 0.3 is 0 Å². The number of benzene rings is 1. The summed E-state index contributed by atoms with van der Waals surface area (Å²) in [6.45, 7) is 3.01. The van der Waals surface area contributed by atoms with E-state index in [1.807, 2.05) is 30.0 Å². The van der Waals surface area contributed by atoms with E-state index in [1.54, 1.807) is 0 Å². The zero-order valence-corrected chi connectivity index (χ0v) is 13.3. The SMILES string of the molecule is Cc1ccc(C#N)cc1NC1=NCC2(CCCCC2)CS1. The number of thioether (sulfide) groups is 1. The van der Waals surface area contributed by atoms with Gasteiger partial charge in [-0.25, -0.2) is 0 Å². The molecular weight excluding hydrogens is 278 g/mol. The lowest BCUT2D eigenvalue weighted by molar-refractivity contribution is 0.232. The van der Waals surface area contributed by atoms with Gasteiger partial charge in [0.05, 0.1) is 11.6 Å². The molecule has 1 spiro atoms. The van der Waals surface area contributed by atoms with Crippen LogP contribution in [0, 0.1) is 23.7 Å². The number of anilines is 1. The highest BCUT2D eigenvalue weighted by Gasteiger charge is 2.34. The summed E-state index contributed by atoms with van der Waals surface area (Å²) in [7, 11) is 0. The Labute approximate surface area is 130 Å². The quantitative estimate of drug-likeness (QED) is 0.839. The molecule has 21 heavy (non-hydrogen) atoms. The average molecular weight is 299 g/mol. The van der Waals surface area contributed by atoms with E-state index in [2.05, 4.69) is 18.3 Å². The molecule has 1 aliphatic carbocycles. The summed E-state index contributed by atoms with van der Waals surface area (Å²) >= 11 is 1.84. The standard InChI is InChI=1S/C17H21N3S/c1-13-5-6-14(10-18)9-15(13)20-16-19-11-17(12-21-16)7-3-2-4-8-17/h5-6,9H,2-4,7-8,11-12H2,1H3,(H,19,20). The highest BCUT2D eigenvalue weighted by molar-refractivity contribution is 8.14. The fourth-order valence-corrected chi connectivity index (χ4v) is 4.33. The maximum Gasteiger partial charge on any atom is 0.161 e. The van der Waals surface area contributed by atoms with Crippen LogP contribution in [0.5, 0.6) is 0 Å². The minimum atomic E-state index is 0.456. The molecule has 0 amide bonds. The normalized spacial score (nSPS) is 20.7. The largest absolute Gasteiger partial charge is 0.335 e. The summed E-state index contributed by atoms with van der Waals surface area (Å²) in [5.74, 6) is 1.18. The Bertz CT molecular complexity index is 595. The Hall–Kier alpha value is -1.47. The van der Waals surface area contributed by atoms with Gasteiger partial charge in [-0.1, -0.05) is 37.1 Å². The van der Waals surface area contributed by atoms with Gasteiger partial charge in [0.2, 0.25) is 0 Å². The number of hydrogen-bond acceptors (Lipinski definition) is 4. The molecule has 1 aromatic rings. The lowest BCUT2D eigenvalue weighted by Crippen LogP contribution is -2.35. The predicted molar refractivity (Wildman–Crippen MR) is 89.8 cm³/mol. The number of hydrogen-bond donors (Lipinski definition) is 1. The molecule has 1 fully saturated rings. The van der Waals surface area contributed by atoms with E-state index in [4.69, 9.17) is 10.3 Å². The van der Waals surface area contributed by atoms with Crippen molar-refractivity contribution in [2.24, 2.45) is 10.4 Å². The van der Waals surface area contributed by atoms with Crippen LogP contribution in [-0.4, -0.2) is 17.5 Å². The van der Waals surface area contributed by atoms with Crippen molar-refractivity contribution in [2.45, 2.75) is 39.0 Å². The summed E-state index contributed by atoms with van der Waals surface area (Å²) in [4.78, 5) is 4.78. The van der Waals surface area contributed by atoms with Crippen molar-refractivity contribution >= 4 is 22.6 Å². The predicted octanol–water partition coefficient (Wildman–Crippen LogP) is 4.33. The molecule has 0 bridgehead atoms. The van der Waals surface area contributed by atoms with Crippen molar-refractivity contribution in [1.29, 1.82) is 5.26 Å². The topological polar surface area (TPSA) is 48.2 Å². The number of nitrogens with zero attached hydrogens (tertiary/aromatic N) is 2. The second kappa shape index (κ2) is 6.11. The molecule has 4 heteroatoms. The highest BCUT2D eigenvalue weighted by Crippen LogP contribution is 2.42. The van der Waals surface area contributed by atoms with E-state index < -0.39 is 0 Å². The average Bonchev–Trinajstić information content (AvgIpc) is 2.53. The summed E-state index contributed by atoms with van der Waals surface area (Å²) in [5.41, 5.74) is 3.29. The number of nitrogens with one attached hydrogen (secondary N) is 1. The molecule has 0 atom stereocenters. The first kappa shape index (κ1) is 14.5. The van der Waals surface area contributed by atoms with E-state index in [0.717, 1.165) is 23.0 Å². The number of aliphatic imine (C=N–C) groups is 1. The van der Waals surface area contributed by atoms with Crippen molar-refractivity contribution in [3.8, 4) is 6.07 Å². The number of nitriles is 1. The first-order valence-corrected chi connectivity index (χ1v) is 8.64. The van der Waals surface area contributed by atoms with Gasteiger partial charge in [0, 0.05) is 18.0 Å². The monoisotopic (exact) mass is 299 g/mol. The zero-order valence-electron chi connectivity index (χ0n) is 12.5. The van der Waals surface area contributed by atoms with Gasteiger partial charge in [0.25, 0.3) is 0 Å². The van der Waals surface area contributed by atoms with Crippen LogP contribution in [0.4, 0.5) is 5.69 Å². The van der Waals surface area contributed by atoms with Gasteiger partial charge in [0.15, 0.2) is 5.17 Å². The van der Waals surface area contributed by atoms with Crippen molar-refractivity contribution in [2.75, 3.05) is 17.6 Å². The maximum absolute atomic E-state index is 9.01. The van der Waals surface area contributed by atoms with Crippen molar-refractivity contribution in [3.63, 3.8) is 0 Å². The first-order chi connectivity index (χ1) is 10.2. The van der Waals surface area contributed by atoms with Crippen LogP contribution >= 0.6 is 11.8 Å². The molecular formula is C17H21N3S. The van der Waals surface area contributed by atoms with Gasteiger partial charge in [-0.05, 0) is 42.9 Å². The van der Waals surface area contributed by atoms with Crippen LogP contribution in [-0.2, 0) is 0 Å². The van der Waals surface area contributed by atoms with Gasteiger partial charge in [-0.3, -0.25) is 4.99 Å². The summed E-state index contributed by atoms with van der Waals surface area (Å²) in [6, 6.07) is 7.94. The van der Waals surface area contributed by atoms with Gasteiger partial charge in [0.1, 0.15) is 0 Å². The lowest BCUT2D eigenvalue weighted by Gasteiger charge is -2.38. The Kier molecular flexibility index (Phi) is 4.21. The highest BCUT2D eigenvalue weighted by atomic mass is 32.2. The molecule has 1 aliphatic heterocycles. The lowest BCUT2D eigenvalue weighted by atomic mass is 9.75. The fourth-order valence-electron chi connectivity index (χ4n) is 3.17. The minimum absolute atomic E-state index is 0.456. The van der Waals surface area contributed by atoms with Crippen LogP contribution in [0.15, 0.2) is 23.2 Å². The fraction of sp³-hybridized carbons (Fsp3) is 0.529. The summed E-state index contributed by atoms with van der Waals surface area (Å²) in [5, 5.41) is 13.4. The molecule has 0 saturated heterocycles. The third kappa shape index (κ3) is 3.24. The minimum Gasteiger partial charge on any atom is -0.335 e. The Morgan fingerprint density at radius 2 is 2.10 bits per heavy atom. The van der Waals surface area contributed by atoms with Crippen molar-refractivity contribution in [1.82, 2.24) is 0 Å². The molecule has 0 unspecified atom stereocenters. The van der Waals surface area contributed by atoms with E-state index in [0.29, 0.717) is 11.0 Å². The van der Waals surface area contributed by atoms with Gasteiger partial charge < -0.3 is 5.32 Å². The van der Waals surface area contributed by atoms with E-state index in [1.165, 1.54) is 37.9 Å². The molecule has 0 aromatic heterocycles. The molecule has 2 aliphatic rings. The van der Waals surface area contributed by atoms with Crippen molar-refractivity contribution < 1.29 is 0 Å². The van der Waals surface area contributed by atoms with Gasteiger partial charge in [-0.15, -0.1) is 0 Å². The Morgan fingerprint density at radius 3 is 2.76 bits per heavy atom. The smallest absolute Gasteiger partial charge is 0.161 e. The molecule has 1 N–H and O–H groups in total. The summed E-state index contributed by atoms with van der Waals surface area (Å²) in [6.07, 6.45) is 6.78. The molecule has 1 aromatic carbocycles. The number of aryl methyl sites for hydroxylation is 1. The molecule has 0 radical (unpaired) electrons. The zero-order chi connectivity index (χ0) is 14.7. The van der Waals surface area contributed by atoms with E-state index in [9.17, 15) is 0 Å². The second-order valence-electron chi connectivity index (χ2n) is 6.24. The van der Waals surface area contributed by atoms with Crippen LogP contribution in [0.2, 0.25) is 0 Å². The van der Waals surface area contributed by atoms with Crippen LogP contribution in [0.25, 0.3) is 0 Å². The van der Waals surface area contributed by atoms with Crippen LogP contribution in [0.1, 0.15) is 43.2 Å². The summed E-state index contributed by atoms with van der Waals surface area (Å²) < 4.78 is 0. The molecule has 3 rings (SSSR count). The van der Waals surface area contributed by atoms with Crippen LogP contribution in [0.3, 0.4) is 0 Å². The van der Waals surface area contributed by atoms with E-state index in [-0.39, 0.29) is 0 Å². The Morgan fingerprint density at radius 1 is 1.29 bits per heavy atom. The Balaban J connectivity index is 1.71. The van der Waals surface area contributed by atoms with E-state index >= 15 is 0 Å². The third-order valence-electron chi connectivity index (χ3n) is 4.60. The number of rotatable bonds is 1. The molecule has 1 heterocycles. The number of amidine groups is 1. The molecule has 3 nitrogen and oxygen atoms in total. The van der Waals surface area contributed by atoms with Crippen molar-refractivity contribution in [3.05, 3.63) is 29.3 Å². The molecule has 1 saturated carbocycles. The van der Waals surface area contributed by atoms with Gasteiger partial charge in [-0.2, -0.15) is 5.26 Å². The second-order valence-corrected chi connectivity index (χ2v) is 7.20. The maximum atomic E-state index is 9.01. The van der Waals surface area contributed by atoms with Crippen LogP contribution < -0.4 is 5.32 Å².